The number of aromatic nitrogens is 4. The second-order valence-electron chi connectivity index (χ2n) is 7.41. The highest BCUT2D eigenvalue weighted by Crippen LogP contribution is 2.40. The van der Waals surface area contributed by atoms with Gasteiger partial charge in [0.2, 0.25) is 5.60 Å². The first-order valence-electron chi connectivity index (χ1n) is 9.77. The molecule has 7 nitrogen and oxygen atoms in total. The quantitative estimate of drug-likeness (QED) is 0.467. The summed E-state index contributed by atoms with van der Waals surface area (Å²) in [6, 6.07) is 15.8. The highest BCUT2D eigenvalue weighted by Gasteiger charge is 2.55. The second kappa shape index (κ2) is 7.79. The fraction of sp³-hybridized carbons (Fsp3) is 0.227. The van der Waals surface area contributed by atoms with Gasteiger partial charge in [-0.3, -0.25) is 0 Å². The van der Waals surface area contributed by atoms with Gasteiger partial charge in [0.1, 0.15) is 11.4 Å². The maximum atomic E-state index is 13.3. The molecule has 0 aliphatic heterocycles. The van der Waals surface area contributed by atoms with E-state index < -0.39 is 29.9 Å². The van der Waals surface area contributed by atoms with Gasteiger partial charge in [-0.15, -0.1) is 5.10 Å². The first-order chi connectivity index (χ1) is 15.1. The van der Waals surface area contributed by atoms with Crippen LogP contribution in [0.15, 0.2) is 60.8 Å². The molecule has 0 aliphatic rings. The Morgan fingerprint density at radius 2 is 1.81 bits per heavy atom. The van der Waals surface area contributed by atoms with E-state index in [9.17, 15) is 28.2 Å². The number of hydrogen-bond donors (Lipinski definition) is 2. The molecule has 0 fully saturated rings. The molecule has 0 aliphatic carbocycles. The van der Waals surface area contributed by atoms with Crippen molar-refractivity contribution in [1.29, 1.82) is 0 Å². The first-order valence-corrected chi connectivity index (χ1v) is 9.77. The molecule has 32 heavy (non-hydrogen) atoms. The van der Waals surface area contributed by atoms with Gasteiger partial charge in [0, 0.05) is 11.1 Å². The SMILES string of the molecule is CCC(O)(c1cn(Cc2ccc3c(c2)cc(C(=O)O)n3-c2ccccc2)nn1)C(F)(F)F. The molecule has 2 aromatic carbocycles. The van der Waals surface area contributed by atoms with Gasteiger partial charge in [0.15, 0.2) is 0 Å². The summed E-state index contributed by atoms with van der Waals surface area (Å²) < 4.78 is 42.6. The number of fused-ring (bicyclic) bond motifs is 1. The highest BCUT2D eigenvalue weighted by molar-refractivity contribution is 5.96. The number of carbonyl (C=O) groups is 1. The zero-order valence-electron chi connectivity index (χ0n) is 16.9. The molecule has 0 bridgehead atoms. The van der Waals surface area contributed by atoms with E-state index >= 15 is 0 Å². The molecule has 0 amide bonds. The molecule has 0 radical (unpaired) electrons. The number of halogens is 3. The molecule has 2 N–H and O–H groups in total. The third-order valence-electron chi connectivity index (χ3n) is 5.39. The van der Waals surface area contributed by atoms with E-state index in [0.29, 0.717) is 22.2 Å². The third-order valence-corrected chi connectivity index (χ3v) is 5.39. The molecule has 4 aromatic rings. The van der Waals surface area contributed by atoms with Gasteiger partial charge in [0.05, 0.1) is 18.3 Å². The third kappa shape index (κ3) is 3.62. The zero-order valence-corrected chi connectivity index (χ0v) is 16.9. The molecule has 1 atom stereocenters. The van der Waals surface area contributed by atoms with Gasteiger partial charge in [-0.05, 0) is 42.3 Å². The fourth-order valence-corrected chi connectivity index (χ4v) is 3.65. The number of aromatic carboxylic acids is 1. The Bertz CT molecular complexity index is 1280. The summed E-state index contributed by atoms with van der Waals surface area (Å²) in [5, 5.41) is 27.6. The fourth-order valence-electron chi connectivity index (χ4n) is 3.65. The van der Waals surface area contributed by atoms with Crippen LogP contribution in [0.5, 0.6) is 0 Å². The molecule has 166 valence electrons. The van der Waals surface area contributed by atoms with Gasteiger partial charge in [0.25, 0.3) is 0 Å². The largest absolute Gasteiger partial charge is 0.477 e. The summed E-state index contributed by atoms with van der Waals surface area (Å²) in [5.74, 6) is -1.08. The molecule has 0 saturated carbocycles. The van der Waals surface area contributed by atoms with Crippen LogP contribution in [0.3, 0.4) is 0 Å². The van der Waals surface area contributed by atoms with Crippen LogP contribution in [0.1, 0.15) is 35.1 Å². The van der Waals surface area contributed by atoms with E-state index in [4.69, 9.17) is 0 Å². The van der Waals surface area contributed by atoms with Crippen LogP contribution in [-0.2, 0) is 12.1 Å². The Hall–Kier alpha value is -3.66. The standard InChI is InChI=1S/C22H19F3N4O3/c1-2-21(32,22(23,24)25)19-13-28(27-26-19)12-14-8-9-17-15(10-14)11-18(20(30)31)29(17)16-6-4-3-5-7-16/h3-11,13,32H,2,12H2,1H3,(H,30,31). The predicted octanol–water partition coefficient (Wildman–Crippen LogP) is 4.13. The van der Waals surface area contributed by atoms with E-state index in [2.05, 4.69) is 10.3 Å². The molecule has 2 heterocycles. The van der Waals surface area contributed by atoms with Gasteiger partial charge in [-0.2, -0.15) is 13.2 Å². The van der Waals surface area contributed by atoms with E-state index in [1.165, 1.54) is 11.6 Å². The topological polar surface area (TPSA) is 93.2 Å². The lowest BCUT2D eigenvalue weighted by Crippen LogP contribution is -2.42. The minimum Gasteiger partial charge on any atom is -0.477 e. The van der Waals surface area contributed by atoms with Crippen molar-refractivity contribution in [3.8, 4) is 5.69 Å². The van der Waals surface area contributed by atoms with Crippen LogP contribution < -0.4 is 0 Å². The zero-order chi connectivity index (χ0) is 23.1. The average molecular weight is 444 g/mol. The number of aliphatic hydroxyl groups is 1. The molecule has 10 heteroatoms. The number of carboxylic acid groups (broad SMARTS) is 1. The number of alkyl halides is 3. The molecule has 0 saturated heterocycles. The van der Waals surface area contributed by atoms with Crippen molar-refractivity contribution in [3.05, 3.63) is 77.7 Å². The van der Waals surface area contributed by atoms with Crippen LogP contribution in [0.2, 0.25) is 0 Å². The second-order valence-corrected chi connectivity index (χ2v) is 7.41. The lowest BCUT2D eigenvalue weighted by Gasteiger charge is -2.26. The van der Waals surface area contributed by atoms with Crippen LogP contribution in [0, 0.1) is 0 Å². The lowest BCUT2D eigenvalue weighted by atomic mass is 9.96. The summed E-state index contributed by atoms with van der Waals surface area (Å²) in [6.07, 6.45) is -4.40. The Morgan fingerprint density at radius 1 is 1.09 bits per heavy atom. The Balaban J connectivity index is 1.69. The molecular formula is C22H19F3N4O3. The summed E-state index contributed by atoms with van der Waals surface area (Å²) in [4.78, 5) is 11.8. The summed E-state index contributed by atoms with van der Waals surface area (Å²) >= 11 is 0. The molecule has 2 aromatic heterocycles. The van der Waals surface area contributed by atoms with E-state index in [-0.39, 0.29) is 12.2 Å². The molecule has 1 unspecified atom stereocenters. The van der Waals surface area contributed by atoms with Crippen molar-refractivity contribution in [1.82, 2.24) is 19.6 Å². The van der Waals surface area contributed by atoms with Gasteiger partial charge in [-0.1, -0.05) is 36.4 Å². The molecular weight excluding hydrogens is 425 g/mol. The number of rotatable bonds is 6. The number of benzene rings is 2. The van der Waals surface area contributed by atoms with Crippen molar-refractivity contribution in [2.75, 3.05) is 0 Å². The van der Waals surface area contributed by atoms with Crippen LogP contribution in [0.4, 0.5) is 13.2 Å². The van der Waals surface area contributed by atoms with Gasteiger partial charge >= 0.3 is 12.1 Å². The predicted molar refractivity (Wildman–Crippen MR) is 110 cm³/mol. The number of carboxylic acids is 1. The van der Waals surface area contributed by atoms with Crippen LogP contribution in [-0.4, -0.2) is 41.9 Å². The number of hydrogen-bond acceptors (Lipinski definition) is 4. The maximum Gasteiger partial charge on any atom is 0.423 e. The van der Waals surface area contributed by atoms with Gasteiger partial charge in [-0.25, -0.2) is 9.48 Å². The maximum absolute atomic E-state index is 13.3. The monoisotopic (exact) mass is 444 g/mol. The number of para-hydroxylation sites is 1. The minimum absolute atomic E-state index is 0.0876. The van der Waals surface area contributed by atoms with E-state index in [1.807, 2.05) is 18.2 Å². The van der Waals surface area contributed by atoms with Crippen molar-refractivity contribution in [3.63, 3.8) is 0 Å². The summed E-state index contributed by atoms with van der Waals surface area (Å²) in [7, 11) is 0. The number of nitrogens with zero attached hydrogens (tertiary/aromatic N) is 4. The summed E-state index contributed by atoms with van der Waals surface area (Å²) in [6.45, 7) is 1.32. The average Bonchev–Trinajstić information content (AvgIpc) is 3.37. The highest BCUT2D eigenvalue weighted by atomic mass is 19.4. The molecule has 4 rings (SSSR count). The van der Waals surface area contributed by atoms with Gasteiger partial charge < -0.3 is 14.8 Å². The lowest BCUT2D eigenvalue weighted by molar-refractivity contribution is -0.269. The Morgan fingerprint density at radius 3 is 2.44 bits per heavy atom. The smallest absolute Gasteiger partial charge is 0.423 e. The van der Waals surface area contributed by atoms with Crippen molar-refractivity contribution in [2.24, 2.45) is 0 Å². The van der Waals surface area contributed by atoms with E-state index in [1.54, 1.807) is 41.0 Å². The molecule has 0 spiro atoms. The minimum atomic E-state index is -4.88. The van der Waals surface area contributed by atoms with Crippen molar-refractivity contribution >= 4 is 16.9 Å². The normalized spacial score (nSPS) is 13.9. The Labute approximate surface area is 180 Å². The van der Waals surface area contributed by atoms with Crippen LogP contribution >= 0.6 is 0 Å². The Kier molecular flexibility index (Phi) is 5.25. The summed E-state index contributed by atoms with van der Waals surface area (Å²) in [5.41, 5.74) is -1.50. The first kappa shape index (κ1) is 21.6. The van der Waals surface area contributed by atoms with E-state index in [0.717, 1.165) is 6.20 Å². The van der Waals surface area contributed by atoms with Crippen molar-refractivity contribution < 1.29 is 28.2 Å². The van der Waals surface area contributed by atoms with Crippen molar-refractivity contribution in [2.45, 2.75) is 31.7 Å². The van der Waals surface area contributed by atoms with Crippen LogP contribution in [0.25, 0.3) is 16.6 Å².